The van der Waals surface area contributed by atoms with Gasteiger partial charge in [0.25, 0.3) is 0 Å². The number of rotatable bonds is 5. The second-order valence-electron chi connectivity index (χ2n) is 4.99. The van der Waals surface area contributed by atoms with Gasteiger partial charge in [0.15, 0.2) is 0 Å². The van der Waals surface area contributed by atoms with Crippen LogP contribution in [0.1, 0.15) is 17.5 Å². The zero-order valence-electron chi connectivity index (χ0n) is 11.5. The summed E-state index contributed by atoms with van der Waals surface area (Å²) in [7, 11) is 0. The lowest BCUT2D eigenvalue weighted by Gasteiger charge is -2.24. The zero-order valence-corrected chi connectivity index (χ0v) is 11.5. The number of nitrogens with zero attached hydrogens (tertiary/aromatic N) is 1. The van der Waals surface area contributed by atoms with Crippen LogP contribution in [0.25, 0.3) is 0 Å². The Morgan fingerprint density at radius 1 is 1.53 bits per heavy atom. The molecule has 0 bridgehead atoms. The van der Waals surface area contributed by atoms with Crippen molar-refractivity contribution in [3.63, 3.8) is 0 Å². The van der Waals surface area contributed by atoms with E-state index in [2.05, 4.69) is 25.6 Å². The molecule has 1 unspecified atom stereocenters. The molecule has 3 nitrogen and oxygen atoms in total. The third-order valence-electron chi connectivity index (χ3n) is 3.56. The van der Waals surface area contributed by atoms with E-state index in [1.807, 2.05) is 17.0 Å². The number of amides is 1. The topological polar surface area (TPSA) is 29.5 Å². The number of aryl methyl sites for hydroxylation is 1. The molecule has 1 aromatic rings. The summed E-state index contributed by atoms with van der Waals surface area (Å²) in [5.41, 5.74) is 2.41. The maximum Gasteiger partial charge on any atom is 0.228 e. The highest BCUT2D eigenvalue weighted by atomic mass is 16.5. The third-order valence-corrected chi connectivity index (χ3v) is 3.56. The van der Waals surface area contributed by atoms with Crippen LogP contribution in [0.15, 0.2) is 36.9 Å². The van der Waals surface area contributed by atoms with Gasteiger partial charge in [-0.2, -0.15) is 0 Å². The fraction of sp³-hybridized carbons (Fsp3) is 0.438. The lowest BCUT2D eigenvalue weighted by atomic mass is 10.1. The predicted octanol–water partition coefficient (Wildman–Crippen LogP) is 2.55. The molecule has 0 aromatic heterocycles. The number of benzene rings is 1. The summed E-state index contributed by atoms with van der Waals surface area (Å²) >= 11 is 0. The molecule has 102 valence electrons. The summed E-state index contributed by atoms with van der Waals surface area (Å²) < 4.78 is 5.31. The SMILES string of the molecule is C=CCN(Cc1ccccc1C)C(=O)C1CCOC1. The molecule has 1 saturated heterocycles. The zero-order chi connectivity index (χ0) is 13.7. The summed E-state index contributed by atoms with van der Waals surface area (Å²) in [5, 5.41) is 0. The van der Waals surface area contributed by atoms with E-state index < -0.39 is 0 Å². The van der Waals surface area contributed by atoms with E-state index in [9.17, 15) is 4.79 Å². The van der Waals surface area contributed by atoms with Crippen LogP contribution < -0.4 is 0 Å². The Morgan fingerprint density at radius 2 is 2.32 bits per heavy atom. The lowest BCUT2D eigenvalue weighted by molar-refractivity contribution is -0.135. The lowest BCUT2D eigenvalue weighted by Crippen LogP contribution is -2.36. The Bertz CT molecular complexity index is 450. The van der Waals surface area contributed by atoms with Crippen molar-refractivity contribution in [3.8, 4) is 0 Å². The third kappa shape index (κ3) is 3.44. The summed E-state index contributed by atoms with van der Waals surface area (Å²) in [6.45, 7) is 8.31. The van der Waals surface area contributed by atoms with Crippen molar-refractivity contribution in [1.29, 1.82) is 0 Å². The summed E-state index contributed by atoms with van der Waals surface area (Å²) in [6.07, 6.45) is 2.62. The van der Waals surface area contributed by atoms with Crippen molar-refractivity contribution >= 4 is 5.91 Å². The van der Waals surface area contributed by atoms with E-state index in [0.717, 1.165) is 6.42 Å². The largest absolute Gasteiger partial charge is 0.381 e. The van der Waals surface area contributed by atoms with E-state index in [1.54, 1.807) is 6.08 Å². The Hall–Kier alpha value is -1.61. The highest BCUT2D eigenvalue weighted by molar-refractivity contribution is 5.79. The second kappa shape index (κ2) is 6.53. The number of ether oxygens (including phenoxy) is 1. The molecule has 2 rings (SSSR count). The highest BCUT2D eigenvalue weighted by Gasteiger charge is 2.27. The van der Waals surface area contributed by atoms with Gasteiger partial charge < -0.3 is 9.64 Å². The minimum Gasteiger partial charge on any atom is -0.381 e. The summed E-state index contributed by atoms with van der Waals surface area (Å²) in [5.74, 6) is 0.199. The highest BCUT2D eigenvalue weighted by Crippen LogP contribution is 2.18. The minimum absolute atomic E-state index is 0.0176. The number of hydrogen-bond acceptors (Lipinski definition) is 2. The number of hydrogen-bond donors (Lipinski definition) is 0. The molecule has 19 heavy (non-hydrogen) atoms. The molecule has 1 amide bonds. The van der Waals surface area contributed by atoms with Crippen molar-refractivity contribution in [2.24, 2.45) is 5.92 Å². The average molecular weight is 259 g/mol. The van der Waals surface area contributed by atoms with Crippen LogP contribution in [-0.4, -0.2) is 30.6 Å². The number of carbonyl (C=O) groups is 1. The Kier molecular flexibility index (Phi) is 4.74. The van der Waals surface area contributed by atoms with Crippen molar-refractivity contribution in [1.82, 2.24) is 4.90 Å². The number of carbonyl (C=O) groups excluding carboxylic acids is 1. The Morgan fingerprint density at radius 3 is 2.95 bits per heavy atom. The van der Waals surface area contributed by atoms with Crippen molar-refractivity contribution in [2.75, 3.05) is 19.8 Å². The molecule has 0 aliphatic carbocycles. The normalized spacial score (nSPS) is 18.3. The monoisotopic (exact) mass is 259 g/mol. The smallest absolute Gasteiger partial charge is 0.228 e. The van der Waals surface area contributed by atoms with Gasteiger partial charge in [-0.1, -0.05) is 30.3 Å². The minimum atomic E-state index is 0.0176. The predicted molar refractivity (Wildman–Crippen MR) is 75.7 cm³/mol. The van der Waals surface area contributed by atoms with Crippen LogP contribution in [0, 0.1) is 12.8 Å². The maximum absolute atomic E-state index is 12.4. The first kappa shape index (κ1) is 13.8. The van der Waals surface area contributed by atoms with Gasteiger partial charge in [-0.05, 0) is 24.5 Å². The van der Waals surface area contributed by atoms with Crippen LogP contribution in [0.4, 0.5) is 0 Å². The van der Waals surface area contributed by atoms with Crippen LogP contribution in [0.3, 0.4) is 0 Å². The van der Waals surface area contributed by atoms with Crippen LogP contribution in [-0.2, 0) is 16.1 Å². The van der Waals surface area contributed by atoms with E-state index >= 15 is 0 Å². The van der Waals surface area contributed by atoms with E-state index in [-0.39, 0.29) is 11.8 Å². The fourth-order valence-corrected chi connectivity index (χ4v) is 2.37. The van der Waals surface area contributed by atoms with Crippen LogP contribution in [0.2, 0.25) is 0 Å². The van der Waals surface area contributed by atoms with Crippen molar-refractivity contribution in [2.45, 2.75) is 19.9 Å². The Balaban J connectivity index is 2.09. The van der Waals surface area contributed by atoms with Gasteiger partial charge in [0.05, 0.1) is 12.5 Å². The first-order valence-electron chi connectivity index (χ1n) is 6.74. The molecule has 0 spiro atoms. The van der Waals surface area contributed by atoms with E-state index in [0.29, 0.717) is 26.3 Å². The quantitative estimate of drug-likeness (QED) is 0.761. The molecule has 1 aromatic carbocycles. The molecule has 1 heterocycles. The maximum atomic E-state index is 12.4. The van der Waals surface area contributed by atoms with Gasteiger partial charge >= 0.3 is 0 Å². The van der Waals surface area contributed by atoms with Gasteiger partial charge in [-0.15, -0.1) is 6.58 Å². The molecular formula is C16H21NO2. The van der Waals surface area contributed by atoms with Gasteiger partial charge in [0, 0.05) is 19.7 Å². The van der Waals surface area contributed by atoms with Gasteiger partial charge in [-0.25, -0.2) is 0 Å². The molecular weight excluding hydrogens is 238 g/mol. The van der Waals surface area contributed by atoms with Crippen LogP contribution in [0.5, 0.6) is 0 Å². The Labute approximate surface area is 114 Å². The summed E-state index contributed by atoms with van der Waals surface area (Å²) in [6, 6.07) is 8.18. The molecule has 1 aliphatic heterocycles. The van der Waals surface area contributed by atoms with Gasteiger partial charge in [-0.3, -0.25) is 4.79 Å². The molecule has 0 saturated carbocycles. The van der Waals surface area contributed by atoms with Crippen molar-refractivity contribution in [3.05, 3.63) is 48.0 Å². The summed E-state index contributed by atoms with van der Waals surface area (Å²) in [4.78, 5) is 14.3. The standard InChI is InChI=1S/C16H21NO2/c1-3-9-17(16(18)15-8-10-19-12-15)11-14-7-5-4-6-13(14)2/h3-7,15H,1,8-12H2,2H3. The molecule has 0 N–H and O–H groups in total. The van der Waals surface area contributed by atoms with E-state index in [4.69, 9.17) is 4.74 Å². The molecule has 3 heteroatoms. The van der Waals surface area contributed by atoms with Crippen LogP contribution >= 0.6 is 0 Å². The van der Waals surface area contributed by atoms with Gasteiger partial charge in [0.1, 0.15) is 0 Å². The molecule has 1 atom stereocenters. The first-order chi connectivity index (χ1) is 9.22. The van der Waals surface area contributed by atoms with E-state index in [1.165, 1.54) is 11.1 Å². The average Bonchev–Trinajstić information content (AvgIpc) is 2.94. The molecule has 0 radical (unpaired) electrons. The molecule has 1 aliphatic rings. The molecule has 1 fully saturated rings. The van der Waals surface area contributed by atoms with Crippen molar-refractivity contribution < 1.29 is 9.53 Å². The second-order valence-corrected chi connectivity index (χ2v) is 4.99. The van der Waals surface area contributed by atoms with Gasteiger partial charge in [0.2, 0.25) is 5.91 Å². The first-order valence-corrected chi connectivity index (χ1v) is 6.74. The fourth-order valence-electron chi connectivity index (χ4n) is 2.37.